The number of carboxylic acid groups (broad SMARTS) is 1. The average Bonchev–Trinajstić information content (AvgIpc) is 2.57. The molecule has 0 saturated carbocycles. The SMILES string of the molecule is Cc1c(C)c2ccc(OCC(=O)N[C@@H](C(=O)O)C(C)C)c(C)c2oc1=O. The predicted octanol–water partition coefficient (Wildman–Crippen LogP) is 2.32. The fourth-order valence-electron chi connectivity index (χ4n) is 2.65. The summed E-state index contributed by atoms with van der Waals surface area (Å²) in [6.07, 6.45) is 0. The number of aryl methyl sites for hydroxylation is 2. The van der Waals surface area contributed by atoms with Gasteiger partial charge in [-0.25, -0.2) is 9.59 Å². The van der Waals surface area contributed by atoms with Crippen molar-refractivity contribution in [2.75, 3.05) is 6.61 Å². The quantitative estimate of drug-likeness (QED) is 0.765. The Labute approximate surface area is 151 Å². The van der Waals surface area contributed by atoms with Gasteiger partial charge in [0.1, 0.15) is 17.4 Å². The number of carbonyl (C=O) groups is 2. The number of rotatable bonds is 6. The molecule has 2 N–H and O–H groups in total. The van der Waals surface area contributed by atoms with Crippen molar-refractivity contribution in [3.05, 3.63) is 39.2 Å². The molecule has 26 heavy (non-hydrogen) atoms. The molecule has 0 unspecified atom stereocenters. The Bertz CT molecular complexity index is 912. The first-order chi connectivity index (χ1) is 12.1. The third-order valence-corrected chi connectivity index (χ3v) is 4.43. The zero-order valence-electron chi connectivity index (χ0n) is 15.5. The first-order valence-electron chi connectivity index (χ1n) is 8.32. The van der Waals surface area contributed by atoms with Gasteiger partial charge in [-0.2, -0.15) is 0 Å². The molecule has 0 saturated heterocycles. The molecular formula is C19H23NO6. The van der Waals surface area contributed by atoms with Crippen LogP contribution in [0.2, 0.25) is 0 Å². The van der Waals surface area contributed by atoms with Gasteiger partial charge in [0.05, 0.1) is 0 Å². The van der Waals surface area contributed by atoms with Gasteiger partial charge >= 0.3 is 11.6 Å². The molecule has 7 nitrogen and oxygen atoms in total. The number of nitrogens with one attached hydrogen (secondary N) is 1. The van der Waals surface area contributed by atoms with Crippen LogP contribution in [-0.2, 0) is 9.59 Å². The molecule has 0 fully saturated rings. The molecule has 1 heterocycles. The number of carbonyl (C=O) groups excluding carboxylic acids is 1. The number of hydrogen-bond donors (Lipinski definition) is 2. The zero-order chi connectivity index (χ0) is 19.6. The summed E-state index contributed by atoms with van der Waals surface area (Å²) >= 11 is 0. The molecule has 0 aliphatic rings. The summed E-state index contributed by atoms with van der Waals surface area (Å²) in [6.45, 7) is 8.37. The lowest BCUT2D eigenvalue weighted by Crippen LogP contribution is -2.46. The Hall–Kier alpha value is -2.83. The summed E-state index contributed by atoms with van der Waals surface area (Å²) in [4.78, 5) is 35.0. The topological polar surface area (TPSA) is 106 Å². The highest BCUT2D eigenvalue weighted by Gasteiger charge is 2.23. The van der Waals surface area contributed by atoms with Gasteiger partial charge in [-0.1, -0.05) is 13.8 Å². The minimum Gasteiger partial charge on any atom is -0.483 e. The van der Waals surface area contributed by atoms with Crippen molar-refractivity contribution < 1.29 is 23.8 Å². The van der Waals surface area contributed by atoms with Crippen LogP contribution in [0.25, 0.3) is 11.0 Å². The monoisotopic (exact) mass is 361 g/mol. The molecule has 2 aromatic rings. The van der Waals surface area contributed by atoms with Crippen LogP contribution in [0.15, 0.2) is 21.3 Å². The van der Waals surface area contributed by atoms with Crippen molar-refractivity contribution in [1.82, 2.24) is 5.32 Å². The van der Waals surface area contributed by atoms with Gasteiger partial charge < -0.3 is 19.6 Å². The number of amides is 1. The Morgan fingerprint density at radius 1 is 1.15 bits per heavy atom. The van der Waals surface area contributed by atoms with E-state index in [0.717, 1.165) is 10.9 Å². The van der Waals surface area contributed by atoms with Crippen molar-refractivity contribution in [1.29, 1.82) is 0 Å². The lowest BCUT2D eigenvalue weighted by atomic mass is 10.0. The lowest BCUT2D eigenvalue weighted by Gasteiger charge is -2.18. The molecule has 2 rings (SSSR count). The molecule has 1 atom stereocenters. The van der Waals surface area contributed by atoms with Gasteiger partial charge in [0.2, 0.25) is 0 Å². The Morgan fingerprint density at radius 3 is 2.38 bits per heavy atom. The van der Waals surface area contributed by atoms with Crippen LogP contribution in [0.1, 0.15) is 30.5 Å². The lowest BCUT2D eigenvalue weighted by molar-refractivity contribution is -0.143. The first kappa shape index (κ1) is 19.5. The summed E-state index contributed by atoms with van der Waals surface area (Å²) < 4.78 is 10.9. The largest absolute Gasteiger partial charge is 0.483 e. The Kier molecular flexibility index (Phi) is 5.69. The second-order valence-corrected chi connectivity index (χ2v) is 6.62. The molecule has 0 spiro atoms. The van der Waals surface area contributed by atoms with Crippen molar-refractivity contribution in [2.24, 2.45) is 5.92 Å². The van der Waals surface area contributed by atoms with Gasteiger partial charge in [0.15, 0.2) is 6.61 Å². The summed E-state index contributed by atoms with van der Waals surface area (Å²) in [7, 11) is 0. The first-order valence-corrected chi connectivity index (χ1v) is 8.32. The third-order valence-electron chi connectivity index (χ3n) is 4.43. The van der Waals surface area contributed by atoms with Crippen molar-refractivity contribution in [3.63, 3.8) is 0 Å². The van der Waals surface area contributed by atoms with E-state index >= 15 is 0 Å². The number of hydrogen-bond acceptors (Lipinski definition) is 5. The highest BCUT2D eigenvalue weighted by molar-refractivity contribution is 5.86. The van der Waals surface area contributed by atoms with Gasteiger partial charge in [0.25, 0.3) is 5.91 Å². The van der Waals surface area contributed by atoms with Crippen LogP contribution in [0.3, 0.4) is 0 Å². The predicted molar refractivity (Wildman–Crippen MR) is 96.6 cm³/mol. The average molecular weight is 361 g/mol. The molecule has 0 radical (unpaired) electrons. The minimum absolute atomic E-state index is 0.251. The van der Waals surface area contributed by atoms with E-state index in [1.54, 1.807) is 39.8 Å². The number of benzene rings is 1. The van der Waals surface area contributed by atoms with E-state index in [0.29, 0.717) is 22.5 Å². The van der Waals surface area contributed by atoms with E-state index in [1.807, 2.05) is 6.92 Å². The molecule has 1 aromatic heterocycles. The summed E-state index contributed by atoms with van der Waals surface area (Å²) in [5.74, 6) is -1.48. The second-order valence-electron chi connectivity index (χ2n) is 6.62. The van der Waals surface area contributed by atoms with Crippen LogP contribution in [-0.4, -0.2) is 29.6 Å². The van der Waals surface area contributed by atoms with Crippen LogP contribution < -0.4 is 15.7 Å². The molecule has 0 aliphatic heterocycles. The van der Waals surface area contributed by atoms with Gasteiger partial charge in [0, 0.05) is 16.5 Å². The highest BCUT2D eigenvalue weighted by Crippen LogP contribution is 2.29. The molecule has 7 heteroatoms. The fourth-order valence-corrected chi connectivity index (χ4v) is 2.65. The molecule has 1 amide bonds. The smallest absolute Gasteiger partial charge is 0.339 e. The molecule has 0 aliphatic carbocycles. The number of fused-ring (bicyclic) bond motifs is 1. The van der Waals surface area contributed by atoms with Gasteiger partial charge in [-0.15, -0.1) is 0 Å². The van der Waals surface area contributed by atoms with E-state index in [-0.39, 0.29) is 12.5 Å². The number of ether oxygens (including phenoxy) is 1. The van der Waals surface area contributed by atoms with Gasteiger partial charge in [-0.3, -0.25) is 4.79 Å². The van der Waals surface area contributed by atoms with Crippen molar-refractivity contribution in [3.8, 4) is 5.75 Å². The summed E-state index contributed by atoms with van der Waals surface area (Å²) in [6, 6.07) is 2.50. The summed E-state index contributed by atoms with van der Waals surface area (Å²) in [5.41, 5.74) is 2.01. The van der Waals surface area contributed by atoms with Crippen LogP contribution in [0, 0.1) is 26.7 Å². The maximum Gasteiger partial charge on any atom is 0.339 e. The fraction of sp³-hybridized carbons (Fsp3) is 0.421. The maximum atomic E-state index is 12.0. The standard InChI is InChI=1S/C19H23NO6/c1-9(2)16(18(22)23)20-15(21)8-25-14-7-6-13-10(3)11(4)19(24)26-17(13)12(14)5/h6-7,9,16H,8H2,1-5H3,(H,20,21)(H,22,23)/t16-/m1/s1. The van der Waals surface area contributed by atoms with Crippen LogP contribution >= 0.6 is 0 Å². The highest BCUT2D eigenvalue weighted by atomic mass is 16.5. The minimum atomic E-state index is -1.09. The maximum absolute atomic E-state index is 12.0. The van der Waals surface area contributed by atoms with E-state index in [2.05, 4.69) is 5.32 Å². The molecule has 1 aromatic carbocycles. The van der Waals surface area contributed by atoms with E-state index in [9.17, 15) is 14.4 Å². The van der Waals surface area contributed by atoms with Crippen molar-refractivity contribution in [2.45, 2.75) is 40.7 Å². The normalized spacial score (nSPS) is 12.2. The van der Waals surface area contributed by atoms with Crippen LogP contribution in [0.5, 0.6) is 5.75 Å². The van der Waals surface area contributed by atoms with E-state index < -0.39 is 23.5 Å². The molecular weight excluding hydrogens is 338 g/mol. The summed E-state index contributed by atoms with van der Waals surface area (Å²) in [5, 5.41) is 12.4. The Morgan fingerprint density at radius 2 is 1.81 bits per heavy atom. The number of aliphatic carboxylic acids is 1. The number of carboxylic acids is 1. The Balaban J connectivity index is 2.20. The van der Waals surface area contributed by atoms with Gasteiger partial charge in [-0.05, 0) is 44.4 Å². The third kappa shape index (κ3) is 3.87. The van der Waals surface area contributed by atoms with Crippen molar-refractivity contribution >= 4 is 22.8 Å². The molecule has 0 bridgehead atoms. The zero-order valence-corrected chi connectivity index (χ0v) is 15.5. The van der Waals surface area contributed by atoms with E-state index in [1.165, 1.54) is 0 Å². The van der Waals surface area contributed by atoms with E-state index in [4.69, 9.17) is 14.3 Å². The van der Waals surface area contributed by atoms with Crippen LogP contribution in [0.4, 0.5) is 0 Å². The molecule has 140 valence electrons. The second kappa shape index (κ2) is 7.59.